The maximum atomic E-state index is 11.5. The standard InChI is InChI=1S/C15H20ClNO3/c1-4-15(6-5-13(18)17-15)9-10-7-11(16)14(20-3)12(8-10)19-2/h7-8H,4-6,9H2,1-3H3,(H,17,18). The molecule has 1 saturated heterocycles. The normalized spacial score (nSPS) is 21.7. The van der Waals surface area contributed by atoms with Crippen molar-refractivity contribution < 1.29 is 14.3 Å². The highest BCUT2D eigenvalue weighted by Crippen LogP contribution is 2.38. The molecule has 4 nitrogen and oxygen atoms in total. The zero-order chi connectivity index (χ0) is 14.8. The summed E-state index contributed by atoms with van der Waals surface area (Å²) < 4.78 is 10.5. The molecular weight excluding hydrogens is 278 g/mol. The van der Waals surface area contributed by atoms with Crippen LogP contribution < -0.4 is 14.8 Å². The van der Waals surface area contributed by atoms with Crippen molar-refractivity contribution in [3.63, 3.8) is 0 Å². The van der Waals surface area contributed by atoms with Gasteiger partial charge in [-0.25, -0.2) is 0 Å². The SMILES string of the molecule is CCC1(Cc2cc(Cl)c(OC)c(OC)c2)CCC(=O)N1. The molecule has 1 heterocycles. The highest BCUT2D eigenvalue weighted by molar-refractivity contribution is 6.32. The number of hydrogen-bond acceptors (Lipinski definition) is 3. The van der Waals surface area contributed by atoms with Crippen LogP contribution in [0.1, 0.15) is 31.7 Å². The molecule has 0 aliphatic carbocycles. The number of rotatable bonds is 5. The minimum absolute atomic E-state index is 0.124. The first-order valence-electron chi connectivity index (χ1n) is 6.75. The highest BCUT2D eigenvalue weighted by atomic mass is 35.5. The van der Waals surface area contributed by atoms with Crippen LogP contribution in [0.3, 0.4) is 0 Å². The molecule has 2 rings (SSSR count). The number of methoxy groups -OCH3 is 2. The Morgan fingerprint density at radius 1 is 1.35 bits per heavy atom. The van der Waals surface area contributed by atoms with E-state index < -0.39 is 0 Å². The second kappa shape index (κ2) is 5.92. The van der Waals surface area contributed by atoms with E-state index in [0.717, 1.165) is 24.8 Å². The minimum Gasteiger partial charge on any atom is -0.493 e. The van der Waals surface area contributed by atoms with Crippen LogP contribution in [0.25, 0.3) is 0 Å². The number of amides is 1. The van der Waals surface area contributed by atoms with E-state index in [9.17, 15) is 4.79 Å². The van der Waals surface area contributed by atoms with Crippen LogP contribution in [0.5, 0.6) is 11.5 Å². The van der Waals surface area contributed by atoms with Crippen molar-refractivity contribution in [3.05, 3.63) is 22.7 Å². The van der Waals surface area contributed by atoms with E-state index in [4.69, 9.17) is 21.1 Å². The van der Waals surface area contributed by atoms with Gasteiger partial charge in [0.15, 0.2) is 11.5 Å². The first kappa shape index (κ1) is 15.0. The van der Waals surface area contributed by atoms with E-state index in [1.54, 1.807) is 14.2 Å². The summed E-state index contributed by atoms with van der Waals surface area (Å²) in [5, 5.41) is 3.62. The molecule has 0 spiro atoms. The summed E-state index contributed by atoms with van der Waals surface area (Å²) in [5.74, 6) is 1.28. The molecule has 0 bridgehead atoms. The van der Waals surface area contributed by atoms with Crippen LogP contribution in [-0.4, -0.2) is 25.7 Å². The van der Waals surface area contributed by atoms with E-state index in [-0.39, 0.29) is 11.4 Å². The second-order valence-corrected chi connectivity index (χ2v) is 5.58. The summed E-state index contributed by atoms with van der Waals surface area (Å²) >= 11 is 6.22. The van der Waals surface area contributed by atoms with E-state index in [2.05, 4.69) is 12.2 Å². The van der Waals surface area contributed by atoms with Crippen LogP contribution in [0, 0.1) is 0 Å². The molecular formula is C15H20ClNO3. The fourth-order valence-electron chi connectivity index (χ4n) is 2.76. The van der Waals surface area contributed by atoms with Crippen molar-refractivity contribution >= 4 is 17.5 Å². The van der Waals surface area contributed by atoms with E-state index in [0.29, 0.717) is 22.9 Å². The molecule has 0 saturated carbocycles. The minimum atomic E-state index is -0.167. The smallest absolute Gasteiger partial charge is 0.220 e. The molecule has 1 N–H and O–H groups in total. The third-order valence-corrected chi connectivity index (χ3v) is 4.23. The number of carbonyl (C=O) groups is 1. The van der Waals surface area contributed by atoms with Gasteiger partial charge < -0.3 is 14.8 Å². The topological polar surface area (TPSA) is 47.6 Å². The molecule has 20 heavy (non-hydrogen) atoms. The number of benzene rings is 1. The van der Waals surface area contributed by atoms with Gasteiger partial charge in [-0.2, -0.15) is 0 Å². The molecule has 5 heteroatoms. The average molecular weight is 298 g/mol. The molecule has 0 radical (unpaired) electrons. The van der Waals surface area contributed by atoms with Crippen molar-refractivity contribution in [2.45, 2.75) is 38.1 Å². The number of ether oxygens (including phenoxy) is 2. The zero-order valence-corrected chi connectivity index (χ0v) is 12.8. The lowest BCUT2D eigenvalue weighted by molar-refractivity contribution is -0.119. The summed E-state index contributed by atoms with van der Waals surface area (Å²) in [6, 6.07) is 3.80. The summed E-state index contributed by atoms with van der Waals surface area (Å²) in [5.41, 5.74) is 0.872. The molecule has 1 aromatic rings. The lowest BCUT2D eigenvalue weighted by Crippen LogP contribution is -2.42. The Morgan fingerprint density at radius 2 is 2.10 bits per heavy atom. The summed E-state index contributed by atoms with van der Waals surface area (Å²) in [6.07, 6.45) is 3.09. The fourth-order valence-corrected chi connectivity index (χ4v) is 3.07. The van der Waals surface area contributed by atoms with Crippen molar-refractivity contribution in [2.24, 2.45) is 0 Å². The molecule has 1 atom stereocenters. The Labute approximate surface area is 124 Å². The van der Waals surface area contributed by atoms with Crippen molar-refractivity contribution in [2.75, 3.05) is 14.2 Å². The Kier molecular flexibility index (Phi) is 4.43. The maximum absolute atomic E-state index is 11.5. The van der Waals surface area contributed by atoms with Crippen molar-refractivity contribution in [1.82, 2.24) is 5.32 Å². The van der Waals surface area contributed by atoms with Crippen LogP contribution in [0.4, 0.5) is 0 Å². The van der Waals surface area contributed by atoms with Gasteiger partial charge in [-0.1, -0.05) is 18.5 Å². The third-order valence-electron chi connectivity index (χ3n) is 3.95. The van der Waals surface area contributed by atoms with Gasteiger partial charge in [0.2, 0.25) is 5.91 Å². The van der Waals surface area contributed by atoms with E-state index in [1.165, 1.54) is 0 Å². The van der Waals surface area contributed by atoms with Gasteiger partial charge in [0.25, 0.3) is 0 Å². The van der Waals surface area contributed by atoms with E-state index >= 15 is 0 Å². The molecule has 1 aliphatic rings. The Balaban J connectivity index is 2.29. The number of halogens is 1. The molecule has 1 amide bonds. The predicted octanol–water partition coefficient (Wildman–Crippen LogP) is 2.96. The number of carbonyl (C=O) groups excluding carboxylic acids is 1. The summed E-state index contributed by atoms with van der Waals surface area (Å²) in [6.45, 7) is 2.09. The Hall–Kier alpha value is -1.42. The van der Waals surface area contributed by atoms with Gasteiger partial charge in [0, 0.05) is 12.0 Å². The van der Waals surface area contributed by atoms with Crippen molar-refractivity contribution in [3.8, 4) is 11.5 Å². The maximum Gasteiger partial charge on any atom is 0.220 e. The average Bonchev–Trinajstić information content (AvgIpc) is 2.80. The second-order valence-electron chi connectivity index (χ2n) is 5.17. The first-order valence-corrected chi connectivity index (χ1v) is 7.13. The van der Waals surface area contributed by atoms with Gasteiger partial charge in [-0.3, -0.25) is 4.79 Å². The predicted molar refractivity (Wildman–Crippen MR) is 78.7 cm³/mol. The molecule has 1 aromatic carbocycles. The summed E-state index contributed by atoms with van der Waals surface area (Å²) in [4.78, 5) is 11.5. The molecule has 1 unspecified atom stereocenters. The van der Waals surface area contributed by atoms with Crippen LogP contribution >= 0.6 is 11.6 Å². The van der Waals surface area contributed by atoms with Crippen LogP contribution in [0.2, 0.25) is 5.02 Å². The summed E-state index contributed by atoms with van der Waals surface area (Å²) in [7, 11) is 3.15. The molecule has 1 aliphatic heterocycles. The van der Waals surface area contributed by atoms with Gasteiger partial charge in [-0.05, 0) is 37.0 Å². The van der Waals surface area contributed by atoms with Gasteiger partial charge in [-0.15, -0.1) is 0 Å². The van der Waals surface area contributed by atoms with E-state index in [1.807, 2.05) is 12.1 Å². The zero-order valence-electron chi connectivity index (χ0n) is 12.1. The van der Waals surface area contributed by atoms with Crippen LogP contribution in [0.15, 0.2) is 12.1 Å². The highest BCUT2D eigenvalue weighted by Gasteiger charge is 2.36. The van der Waals surface area contributed by atoms with Gasteiger partial charge >= 0.3 is 0 Å². The van der Waals surface area contributed by atoms with Gasteiger partial charge in [0.1, 0.15) is 0 Å². The lowest BCUT2D eigenvalue weighted by atomic mass is 9.87. The monoisotopic (exact) mass is 297 g/mol. The van der Waals surface area contributed by atoms with Crippen LogP contribution in [-0.2, 0) is 11.2 Å². The Morgan fingerprint density at radius 3 is 2.60 bits per heavy atom. The number of hydrogen-bond donors (Lipinski definition) is 1. The lowest BCUT2D eigenvalue weighted by Gasteiger charge is -2.28. The largest absolute Gasteiger partial charge is 0.493 e. The molecule has 1 fully saturated rings. The van der Waals surface area contributed by atoms with Crippen molar-refractivity contribution in [1.29, 1.82) is 0 Å². The Bertz CT molecular complexity index is 518. The fraction of sp³-hybridized carbons (Fsp3) is 0.533. The van der Waals surface area contributed by atoms with Gasteiger partial charge in [0.05, 0.1) is 19.2 Å². The number of nitrogens with one attached hydrogen (secondary N) is 1. The third kappa shape index (κ3) is 2.85. The molecule has 110 valence electrons. The molecule has 0 aromatic heterocycles. The first-order chi connectivity index (χ1) is 9.53. The quantitative estimate of drug-likeness (QED) is 0.909.